The van der Waals surface area contributed by atoms with Gasteiger partial charge in [-0.3, -0.25) is 0 Å². The lowest BCUT2D eigenvalue weighted by atomic mass is 10.3. The first-order valence-electron chi connectivity index (χ1n) is 3.63. The third-order valence-electron chi connectivity index (χ3n) is 1.70. The van der Waals surface area contributed by atoms with E-state index in [2.05, 4.69) is 35.4 Å². The van der Waals surface area contributed by atoms with Crippen molar-refractivity contribution in [2.75, 3.05) is 17.2 Å². The van der Waals surface area contributed by atoms with Crippen molar-refractivity contribution >= 4 is 24.0 Å². The van der Waals surface area contributed by atoms with E-state index in [4.69, 9.17) is 0 Å². The minimum absolute atomic E-state index is 0.204. The van der Waals surface area contributed by atoms with Crippen LogP contribution in [0.4, 0.5) is 11.4 Å². The van der Waals surface area contributed by atoms with Gasteiger partial charge < -0.3 is 10.6 Å². The normalized spacial score (nSPS) is 21.4. The van der Waals surface area contributed by atoms with Gasteiger partial charge >= 0.3 is 0 Å². The Morgan fingerprint density at radius 3 is 3.09 bits per heavy atom. The Hall–Kier alpha value is -0.830. The molecule has 58 valence electrons. The fourth-order valence-electron chi connectivity index (χ4n) is 1.18. The number of benzene rings is 1. The van der Waals surface area contributed by atoms with Crippen LogP contribution in [0, 0.1) is 0 Å². The molecule has 1 aromatic rings. The molecule has 0 fully saturated rings. The number of rotatable bonds is 0. The van der Waals surface area contributed by atoms with Crippen molar-refractivity contribution in [3.63, 3.8) is 0 Å². The Morgan fingerprint density at radius 2 is 2.18 bits per heavy atom. The van der Waals surface area contributed by atoms with E-state index >= 15 is 0 Å². The molecule has 1 aromatic carbocycles. The second-order valence-corrected chi connectivity index (χ2v) is 3.25. The number of fused-ring (bicyclic) bond motifs is 2. The molecule has 0 amide bonds. The van der Waals surface area contributed by atoms with E-state index in [1.54, 1.807) is 0 Å². The summed E-state index contributed by atoms with van der Waals surface area (Å²) in [5.41, 5.74) is 2.29. The van der Waals surface area contributed by atoms with Crippen molar-refractivity contribution in [3.8, 4) is 0 Å². The molecule has 1 aliphatic rings. The summed E-state index contributed by atoms with van der Waals surface area (Å²) in [6.07, 6.45) is 0. The lowest BCUT2D eigenvalue weighted by molar-refractivity contribution is 1.04. The summed E-state index contributed by atoms with van der Waals surface area (Å²) in [7, 11) is 0. The summed E-state index contributed by atoms with van der Waals surface area (Å²) in [4.78, 5) is 0. The van der Waals surface area contributed by atoms with Crippen molar-refractivity contribution in [1.29, 1.82) is 0 Å². The zero-order chi connectivity index (χ0) is 7.68. The maximum atomic E-state index is 4.34. The number of hydrogen-bond acceptors (Lipinski definition) is 3. The van der Waals surface area contributed by atoms with E-state index in [-0.39, 0.29) is 5.37 Å². The summed E-state index contributed by atoms with van der Waals surface area (Å²) in [6.45, 7) is 0.858. The van der Waals surface area contributed by atoms with Crippen LogP contribution >= 0.6 is 12.6 Å². The highest BCUT2D eigenvalue weighted by Crippen LogP contribution is 2.19. The average Bonchev–Trinajstić information content (AvgIpc) is 2.12. The maximum Gasteiger partial charge on any atom is 0.0867 e. The topological polar surface area (TPSA) is 24.1 Å². The number of nitrogens with one attached hydrogen (secondary N) is 2. The molecule has 11 heavy (non-hydrogen) atoms. The molecule has 1 aliphatic heterocycles. The quantitative estimate of drug-likeness (QED) is 0.512. The molecule has 0 aliphatic carbocycles. The molecule has 2 N–H and O–H groups in total. The van der Waals surface area contributed by atoms with Crippen LogP contribution in [0.5, 0.6) is 0 Å². The third kappa shape index (κ3) is 1.43. The molecular formula is C8H10N2S. The van der Waals surface area contributed by atoms with Crippen molar-refractivity contribution in [2.24, 2.45) is 0 Å². The lowest BCUT2D eigenvalue weighted by Crippen LogP contribution is -2.19. The molecule has 3 heteroatoms. The summed E-state index contributed by atoms with van der Waals surface area (Å²) in [5.74, 6) is 0. The van der Waals surface area contributed by atoms with Gasteiger partial charge in [0, 0.05) is 17.9 Å². The van der Waals surface area contributed by atoms with Crippen LogP contribution in [0.3, 0.4) is 0 Å². The van der Waals surface area contributed by atoms with Gasteiger partial charge in [0.25, 0.3) is 0 Å². The highest BCUT2D eigenvalue weighted by molar-refractivity contribution is 7.81. The van der Waals surface area contributed by atoms with Crippen LogP contribution in [-0.4, -0.2) is 11.9 Å². The van der Waals surface area contributed by atoms with Crippen molar-refractivity contribution in [2.45, 2.75) is 5.37 Å². The van der Waals surface area contributed by atoms with Crippen LogP contribution in [0.15, 0.2) is 24.3 Å². The van der Waals surface area contributed by atoms with Gasteiger partial charge in [0.05, 0.1) is 5.37 Å². The van der Waals surface area contributed by atoms with Gasteiger partial charge in [0.1, 0.15) is 0 Å². The number of anilines is 2. The first-order chi connectivity index (χ1) is 5.34. The Morgan fingerprint density at radius 1 is 1.36 bits per heavy atom. The van der Waals surface area contributed by atoms with Crippen LogP contribution < -0.4 is 10.6 Å². The molecule has 0 saturated carbocycles. The van der Waals surface area contributed by atoms with Crippen LogP contribution in [0.1, 0.15) is 0 Å². The summed E-state index contributed by atoms with van der Waals surface area (Å²) in [5, 5.41) is 6.71. The zero-order valence-electron chi connectivity index (χ0n) is 6.04. The standard InChI is InChI=1S/C8H10N2S/c11-8-5-9-6-2-1-3-7(4-6)10-8/h1-4,8-11H,5H2. The minimum Gasteiger partial charge on any atom is -0.382 e. The Bertz CT molecular complexity index is 262. The van der Waals surface area contributed by atoms with E-state index < -0.39 is 0 Å². The lowest BCUT2D eigenvalue weighted by Gasteiger charge is -2.09. The maximum absolute atomic E-state index is 4.34. The predicted octanol–water partition coefficient (Wildman–Crippen LogP) is 1.78. The highest BCUT2D eigenvalue weighted by Gasteiger charge is 2.07. The van der Waals surface area contributed by atoms with Crippen LogP contribution in [0.2, 0.25) is 0 Å². The van der Waals surface area contributed by atoms with Crippen LogP contribution in [0.25, 0.3) is 0 Å². The van der Waals surface area contributed by atoms with Gasteiger partial charge in [-0.1, -0.05) is 6.07 Å². The third-order valence-corrected chi connectivity index (χ3v) is 2.01. The predicted molar refractivity (Wildman–Crippen MR) is 51.3 cm³/mol. The number of hydrogen-bond donors (Lipinski definition) is 3. The first-order valence-corrected chi connectivity index (χ1v) is 4.15. The Balaban J connectivity index is 2.34. The van der Waals surface area contributed by atoms with Gasteiger partial charge in [-0.15, -0.1) is 0 Å². The highest BCUT2D eigenvalue weighted by atomic mass is 32.1. The molecule has 0 spiro atoms. The molecule has 1 heterocycles. The van der Waals surface area contributed by atoms with Gasteiger partial charge in [-0.05, 0) is 18.2 Å². The molecule has 1 unspecified atom stereocenters. The smallest absolute Gasteiger partial charge is 0.0867 e. The molecule has 0 radical (unpaired) electrons. The molecular weight excluding hydrogens is 156 g/mol. The molecule has 1 atom stereocenters. The summed E-state index contributed by atoms with van der Waals surface area (Å²) >= 11 is 4.34. The first kappa shape index (κ1) is 6.85. The van der Waals surface area contributed by atoms with E-state index in [1.165, 1.54) is 0 Å². The van der Waals surface area contributed by atoms with Crippen molar-refractivity contribution < 1.29 is 0 Å². The SMILES string of the molecule is SC1CNc2cccc(c2)N1. The zero-order valence-corrected chi connectivity index (χ0v) is 6.94. The Kier molecular flexibility index (Phi) is 1.66. The second kappa shape index (κ2) is 2.66. The van der Waals surface area contributed by atoms with Gasteiger partial charge in [-0.2, -0.15) is 12.6 Å². The van der Waals surface area contributed by atoms with Gasteiger partial charge in [0.2, 0.25) is 0 Å². The van der Waals surface area contributed by atoms with Gasteiger partial charge in [0.15, 0.2) is 0 Å². The van der Waals surface area contributed by atoms with E-state index in [0.717, 1.165) is 17.9 Å². The number of thiol groups is 1. The molecule has 2 nitrogen and oxygen atoms in total. The summed E-state index contributed by atoms with van der Waals surface area (Å²) < 4.78 is 0. The second-order valence-electron chi connectivity index (χ2n) is 2.62. The van der Waals surface area contributed by atoms with Gasteiger partial charge in [-0.25, -0.2) is 0 Å². The largest absolute Gasteiger partial charge is 0.382 e. The summed E-state index contributed by atoms with van der Waals surface area (Å²) in [6, 6.07) is 8.20. The van der Waals surface area contributed by atoms with E-state index in [9.17, 15) is 0 Å². The van der Waals surface area contributed by atoms with Crippen LogP contribution in [-0.2, 0) is 0 Å². The fourth-order valence-corrected chi connectivity index (χ4v) is 1.42. The van der Waals surface area contributed by atoms with E-state index in [0.29, 0.717) is 0 Å². The van der Waals surface area contributed by atoms with E-state index in [1.807, 2.05) is 12.1 Å². The minimum atomic E-state index is 0.204. The average molecular weight is 166 g/mol. The molecule has 0 aromatic heterocycles. The van der Waals surface area contributed by atoms with Crippen molar-refractivity contribution in [1.82, 2.24) is 0 Å². The Labute approximate surface area is 71.4 Å². The molecule has 0 saturated heterocycles. The monoisotopic (exact) mass is 166 g/mol. The molecule has 2 bridgehead atoms. The molecule has 2 rings (SSSR count). The van der Waals surface area contributed by atoms with Crippen molar-refractivity contribution in [3.05, 3.63) is 24.3 Å². The fraction of sp³-hybridized carbons (Fsp3) is 0.250.